The number of aromatic nitrogens is 1. The molecule has 1 N–H and O–H groups in total. The topological polar surface area (TPSA) is 38.1 Å². The summed E-state index contributed by atoms with van der Waals surface area (Å²) in [5.41, 5.74) is 0. The minimum absolute atomic E-state index is 0.226. The molecule has 1 aliphatic carbocycles. The highest BCUT2D eigenvalue weighted by Crippen LogP contribution is 2.28. The van der Waals surface area contributed by atoms with Gasteiger partial charge in [-0.2, -0.15) is 0 Å². The van der Waals surface area contributed by atoms with E-state index in [9.17, 15) is 0 Å². The molecule has 1 aromatic rings. The van der Waals surface area contributed by atoms with Crippen LogP contribution < -0.4 is 5.32 Å². The van der Waals surface area contributed by atoms with E-state index in [0.29, 0.717) is 6.04 Å². The van der Waals surface area contributed by atoms with Gasteiger partial charge in [0.1, 0.15) is 5.76 Å². The summed E-state index contributed by atoms with van der Waals surface area (Å²) in [6.45, 7) is 6.38. The van der Waals surface area contributed by atoms with E-state index in [1.54, 1.807) is 6.20 Å². The van der Waals surface area contributed by atoms with E-state index in [0.717, 1.165) is 17.6 Å². The first-order valence-corrected chi connectivity index (χ1v) is 6.87. The summed E-state index contributed by atoms with van der Waals surface area (Å²) >= 11 is 0. The van der Waals surface area contributed by atoms with Crippen LogP contribution in [0.3, 0.4) is 0 Å². The Balaban J connectivity index is 1.87. The first-order chi connectivity index (χ1) is 8.19. The third-order valence-electron chi connectivity index (χ3n) is 3.86. The van der Waals surface area contributed by atoms with Gasteiger partial charge in [0.05, 0.1) is 12.2 Å². The molecular weight excluding hydrogens is 212 g/mol. The molecule has 2 rings (SSSR count). The van der Waals surface area contributed by atoms with Crippen LogP contribution in [0.2, 0.25) is 0 Å². The van der Waals surface area contributed by atoms with Gasteiger partial charge in [-0.3, -0.25) is 0 Å². The van der Waals surface area contributed by atoms with Crippen LogP contribution in [0.5, 0.6) is 0 Å². The number of nitrogens with one attached hydrogen (secondary N) is 1. The average molecular weight is 236 g/mol. The van der Waals surface area contributed by atoms with Crippen molar-refractivity contribution < 1.29 is 4.42 Å². The van der Waals surface area contributed by atoms with Crippen LogP contribution in [-0.2, 0) is 0 Å². The van der Waals surface area contributed by atoms with Crippen molar-refractivity contribution in [2.75, 3.05) is 0 Å². The van der Waals surface area contributed by atoms with Gasteiger partial charge in [-0.15, -0.1) is 0 Å². The Bertz CT molecular complexity index is 348. The number of aryl methyl sites for hydroxylation is 1. The van der Waals surface area contributed by atoms with Crippen LogP contribution in [0.15, 0.2) is 10.6 Å². The Hall–Kier alpha value is -0.830. The fraction of sp³-hybridized carbons (Fsp3) is 0.786. The van der Waals surface area contributed by atoms with Crippen LogP contribution in [0, 0.1) is 12.8 Å². The summed E-state index contributed by atoms with van der Waals surface area (Å²) in [7, 11) is 0. The molecule has 0 bridgehead atoms. The van der Waals surface area contributed by atoms with Crippen molar-refractivity contribution in [2.24, 2.45) is 5.92 Å². The van der Waals surface area contributed by atoms with E-state index in [-0.39, 0.29) is 6.04 Å². The lowest BCUT2D eigenvalue weighted by Crippen LogP contribution is -2.35. The first-order valence-electron chi connectivity index (χ1n) is 6.87. The summed E-state index contributed by atoms with van der Waals surface area (Å²) in [4.78, 5) is 4.29. The number of rotatable bonds is 4. The predicted octanol–water partition coefficient (Wildman–Crippen LogP) is 3.60. The SMILES string of the molecule is CCC1CCCC(NC(C)c2ncc(C)o2)C1. The second kappa shape index (κ2) is 5.67. The van der Waals surface area contributed by atoms with Crippen molar-refractivity contribution in [1.82, 2.24) is 10.3 Å². The number of oxazole rings is 1. The van der Waals surface area contributed by atoms with Crippen LogP contribution in [-0.4, -0.2) is 11.0 Å². The maximum absolute atomic E-state index is 5.57. The van der Waals surface area contributed by atoms with Crippen LogP contribution >= 0.6 is 0 Å². The molecule has 17 heavy (non-hydrogen) atoms. The summed E-state index contributed by atoms with van der Waals surface area (Å²) in [5.74, 6) is 2.62. The monoisotopic (exact) mass is 236 g/mol. The van der Waals surface area contributed by atoms with Crippen molar-refractivity contribution in [3.05, 3.63) is 17.8 Å². The molecule has 0 aliphatic heterocycles. The maximum Gasteiger partial charge on any atom is 0.211 e. The summed E-state index contributed by atoms with van der Waals surface area (Å²) in [6.07, 6.45) is 8.46. The lowest BCUT2D eigenvalue weighted by molar-refractivity contribution is 0.254. The van der Waals surface area contributed by atoms with Gasteiger partial charge in [-0.05, 0) is 32.6 Å². The average Bonchev–Trinajstić information content (AvgIpc) is 2.76. The van der Waals surface area contributed by atoms with Crippen LogP contribution in [0.1, 0.15) is 63.6 Å². The highest BCUT2D eigenvalue weighted by atomic mass is 16.4. The lowest BCUT2D eigenvalue weighted by atomic mass is 9.84. The van der Waals surface area contributed by atoms with Gasteiger partial charge in [-0.1, -0.05) is 26.2 Å². The molecule has 3 atom stereocenters. The Morgan fingerprint density at radius 3 is 3.00 bits per heavy atom. The second-order valence-electron chi connectivity index (χ2n) is 5.34. The number of hydrogen-bond donors (Lipinski definition) is 1. The van der Waals surface area contributed by atoms with Gasteiger partial charge in [0, 0.05) is 6.04 Å². The summed E-state index contributed by atoms with van der Waals surface area (Å²) in [5, 5.41) is 3.66. The smallest absolute Gasteiger partial charge is 0.211 e. The molecule has 3 unspecified atom stereocenters. The van der Waals surface area contributed by atoms with Crippen molar-refractivity contribution in [3.63, 3.8) is 0 Å². The molecule has 0 saturated heterocycles. The lowest BCUT2D eigenvalue weighted by Gasteiger charge is -2.30. The molecule has 1 fully saturated rings. The van der Waals surface area contributed by atoms with Gasteiger partial charge in [0.15, 0.2) is 0 Å². The largest absolute Gasteiger partial charge is 0.444 e. The molecule has 1 aliphatic rings. The van der Waals surface area contributed by atoms with Crippen molar-refractivity contribution in [2.45, 2.75) is 65.0 Å². The molecule has 0 spiro atoms. The molecule has 0 radical (unpaired) electrons. The van der Waals surface area contributed by atoms with Crippen LogP contribution in [0.4, 0.5) is 0 Å². The van der Waals surface area contributed by atoms with Crippen LogP contribution in [0.25, 0.3) is 0 Å². The second-order valence-corrected chi connectivity index (χ2v) is 5.34. The molecule has 1 aromatic heterocycles. The molecule has 96 valence electrons. The van der Waals surface area contributed by atoms with E-state index < -0.39 is 0 Å². The third kappa shape index (κ3) is 3.32. The fourth-order valence-electron chi connectivity index (χ4n) is 2.81. The standard InChI is InChI=1S/C14H24N2O/c1-4-12-6-5-7-13(8-12)16-11(3)14-15-9-10(2)17-14/h9,11-13,16H,4-8H2,1-3H3. The quantitative estimate of drug-likeness (QED) is 0.868. The van der Waals surface area contributed by atoms with E-state index in [1.807, 2.05) is 6.92 Å². The normalized spacial score (nSPS) is 27.0. The first kappa shape index (κ1) is 12.6. The molecule has 1 heterocycles. The van der Waals surface area contributed by atoms with Gasteiger partial charge in [0.2, 0.25) is 5.89 Å². The van der Waals surface area contributed by atoms with Gasteiger partial charge in [0.25, 0.3) is 0 Å². The number of nitrogens with zero attached hydrogens (tertiary/aromatic N) is 1. The summed E-state index contributed by atoms with van der Waals surface area (Å²) < 4.78 is 5.57. The molecular formula is C14H24N2O. The Kier molecular flexibility index (Phi) is 4.21. The maximum atomic E-state index is 5.57. The minimum Gasteiger partial charge on any atom is -0.444 e. The van der Waals surface area contributed by atoms with Crippen molar-refractivity contribution in [1.29, 1.82) is 0 Å². The Morgan fingerprint density at radius 1 is 1.53 bits per heavy atom. The van der Waals surface area contributed by atoms with Gasteiger partial charge >= 0.3 is 0 Å². The Labute approximate surface area is 104 Å². The zero-order valence-corrected chi connectivity index (χ0v) is 11.2. The highest BCUT2D eigenvalue weighted by molar-refractivity contribution is 4.96. The fourth-order valence-corrected chi connectivity index (χ4v) is 2.81. The number of hydrogen-bond acceptors (Lipinski definition) is 3. The van der Waals surface area contributed by atoms with E-state index >= 15 is 0 Å². The zero-order valence-electron chi connectivity index (χ0n) is 11.2. The third-order valence-corrected chi connectivity index (χ3v) is 3.86. The van der Waals surface area contributed by atoms with Crippen molar-refractivity contribution >= 4 is 0 Å². The molecule has 0 aromatic carbocycles. The van der Waals surface area contributed by atoms with Crippen molar-refractivity contribution in [3.8, 4) is 0 Å². The molecule has 3 nitrogen and oxygen atoms in total. The predicted molar refractivity (Wildman–Crippen MR) is 68.8 cm³/mol. The van der Waals surface area contributed by atoms with E-state index in [2.05, 4.69) is 24.1 Å². The van der Waals surface area contributed by atoms with Gasteiger partial charge in [-0.25, -0.2) is 4.98 Å². The Morgan fingerprint density at radius 2 is 2.35 bits per heavy atom. The summed E-state index contributed by atoms with van der Waals surface area (Å²) in [6, 6.07) is 0.861. The van der Waals surface area contributed by atoms with Gasteiger partial charge < -0.3 is 9.73 Å². The minimum atomic E-state index is 0.226. The van der Waals surface area contributed by atoms with E-state index in [1.165, 1.54) is 32.1 Å². The zero-order chi connectivity index (χ0) is 12.3. The molecule has 3 heteroatoms. The molecule has 1 saturated carbocycles. The van der Waals surface area contributed by atoms with E-state index in [4.69, 9.17) is 4.42 Å². The highest BCUT2D eigenvalue weighted by Gasteiger charge is 2.23. The molecule has 0 amide bonds.